The number of amides is 1. The highest BCUT2D eigenvalue weighted by atomic mass is 19.1. The Labute approximate surface area is 181 Å². The van der Waals surface area contributed by atoms with Gasteiger partial charge in [-0.1, -0.05) is 18.2 Å². The number of hydrogen-bond acceptors (Lipinski definition) is 3. The third kappa shape index (κ3) is 2.97. The van der Waals surface area contributed by atoms with Gasteiger partial charge in [0.05, 0.1) is 32.5 Å². The fourth-order valence-corrected chi connectivity index (χ4v) is 4.22. The van der Waals surface area contributed by atoms with Crippen molar-refractivity contribution in [2.75, 3.05) is 0 Å². The molecule has 3 heterocycles. The van der Waals surface area contributed by atoms with Gasteiger partial charge in [-0.25, -0.2) is 4.39 Å². The van der Waals surface area contributed by atoms with Crippen molar-refractivity contribution in [1.82, 2.24) is 19.7 Å². The molecule has 0 fully saturated rings. The molecule has 31 heavy (non-hydrogen) atoms. The van der Waals surface area contributed by atoms with Crippen LogP contribution >= 0.6 is 0 Å². The highest BCUT2D eigenvalue weighted by molar-refractivity contribution is 6.42. The Bertz CT molecular complexity index is 1370. The van der Waals surface area contributed by atoms with E-state index in [2.05, 4.69) is 10.1 Å². The van der Waals surface area contributed by atoms with Crippen molar-refractivity contribution in [3.05, 3.63) is 83.1 Å². The van der Waals surface area contributed by atoms with Gasteiger partial charge in [0, 0.05) is 42.3 Å². The average Bonchev–Trinajstić information content (AvgIpc) is 3.21. The SMILES string of the molecule is [B]C1([B])c2ncccc2C(=O)N1Cc1ccc(-c2ccc3nn(C)cc3c2C)cc1F. The molecule has 0 unspecified atom stereocenters. The Balaban J connectivity index is 1.49. The van der Waals surface area contributed by atoms with Crippen LogP contribution in [0.2, 0.25) is 0 Å². The van der Waals surface area contributed by atoms with E-state index in [9.17, 15) is 4.79 Å². The van der Waals surface area contributed by atoms with Crippen LogP contribution in [0.3, 0.4) is 0 Å². The molecule has 0 spiro atoms. The molecule has 1 amide bonds. The van der Waals surface area contributed by atoms with Gasteiger partial charge < -0.3 is 4.90 Å². The maximum atomic E-state index is 15.1. The van der Waals surface area contributed by atoms with Crippen LogP contribution in [0, 0.1) is 12.7 Å². The van der Waals surface area contributed by atoms with Crippen LogP contribution in [0.1, 0.15) is 27.2 Å². The van der Waals surface area contributed by atoms with Crippen LogP contribution in [0.4, 0.5) is 4.39 Å². The van der Waals surface area contributed by atoms with Gasteiger partial charge in [0.15, 0.2) is 0 Å². The van der Waals surface area contributed by atoms with E-state index < -0.39 is 11.2 Å². The van der Waals surface area contributed by atoms with Crippen LogP contribution in [-0.2, 0) is 18.9 Å². The minimum atomic E-state index is -1.60. The molecule has 2 aromatic heterocycles. The third-order valence-corrected chi connectivity index (χ3v) is 5.88. The summed E-state index contributed by atoms with van der Waals surface area (Å²) in [5.41, 5.74) is 4.54. The van der Waals surface area contributed by atoms with Gasteiger partial charge in [0.25, 0.3) is 5.91 Å². The number of aromatic nitrogens is 3. The Morgan fingerprint density at radius 2 is 1.94 bits per heavy atom. The first-order valence-electron chi connectivity index (χ1n) is 9.84. The molecule has 0 atom stereocenters. The molecule has 1 aliphatic rings. The van der Waals surface area contributed by atoms with Crippen molar-refractivity contribution < 1.29 is 9.18 Å². The van der Waals surface area contributed by atoms with Crippen molar-refractivity contribution in [1.29, 1.82) is 0 Å². The number of carbonyl (C=O) groups is 1. The predicted octanol–water partition coefficient (Wildman–Crippen LogP) is 3.19. The average molecular weight is 406 g/mol. The number of halogens is 1. The Morgan fingerprint density at radius 3 is 2.68 bits per heavy atom. The number of hydrogen-bond donors (Lipinski definition) is 0. The molecule has 0 bridgehead atoms. The summed E-state index contributed by atoms with van der Waals surface area (Å²) in [5.74, 6) is -0.801. The van der Waals surface area contributed by atoms with Gasteiger partial charge in [0.1, 0.15) is 5.82 Å². The summed E-state index contributed by atoms with van der Waals surface area (Å²) in [5, 5.41) is 3.84. The molecule has 0 aliphatic carbocycles. The van der Waals surface area contributed by atoms with Gasteiger partial charge in [-0.15, -0.1) is 0 Å². The Hall–Kier alpha value is -3.41. The number of carbonyl (C=O) groups excluding carboxylic acids is 1. The molecule has 0 saturated heterocycles. The lowest BCUT2D eigenvalue weighted by Crippen LogP contribution is -2.44. The summed E-state index contributed by atoms with van der Waals surface area (Å²) in [7, 11) is 14.3. The van der Waals surface area contributed by atoms with E-state index in [4.69, 9.17) is 15.7 Å². The standard InChI is InChI=1S/C23H17B2FN4O/c1-13-16(7-8-20-18(13)12-29(2)28-20)14-5-6-15(19(26)10-14)11-30-22(31)17-4-3-9-27-21(17)23(30,24)25/h3-10,12H,11H2,1-2H3. The highest BCUT2D eigenvalue weighted by Gasteiger charge is 2.43. The zero-order chi connectivity index (χ0) is 21.9. The van der Waals surface area contributed by atoms with Crippen molar-refractivity contribution in [3.8, 4) is 11.1 Å². The highest BCUT2D eigenvalue weighted by Crippen LogP contribution is 2.35. The van der Waals surface area contributed by atoms with E-state index in [-0.39, 0.29) is 18.1 Å². The fraction of sp³-hybridized carbons (Fsp3) is 0.174. The van der Waals surface area contributed by atoms with Crippen LogP contribution in [0.5, 0.6) is 0 Å². The molecule has 2 aromatic carbocycles. The van der Waals surface area contributed by atoms with E-state index in [0.717, 1.165) is 27.6 Å². The molecule has 0 saturated carbocycles. The molecule has 0 N–H and O–H groups in total. The van der Waals surface area contributed by atoms with Gasteiger partial charge in [-0.2, -0.15) is 5.10 Å². The predicted molar refractivity (Wildman–Crippen MR) is 118 cm³/mol. The molecule has 8 heteroatoms. The molecule has 5 rings (SSSR count). The Morgan fingerprint density at radius 1 is 1.13 bits per heavy atom. The first-order chi connectivity index (χ1) is 14.8. The molecule has 4 radical (unpaired) electrons. The molecule has 4 aromatic rings. The van der Waals surface area contributed by atoms with Crippen molar-refractivity contribution >= 4 is 32.5 Å². The third-order valence-electron chi connectivity index (χ3n) is 5.88. The lowest BCUT2D eigenvalue weighted by molar-refractivity contribution is 0.0729. The maximum Gasteiger partial charge on any atom is 0.255 e. The topological polar surface area (TPSA) is 51.0 Å². The summed E-state index contributed by atoms with van der Waals surface area (Å²) in [4.78, 5) is 18.2. The molecule has 5 nitrogen and oxygen atoms in total. The van der Waals surface area contributed by atoms with Crippen LogP contribution in [0.25, 0.3) is 22.0 Å². The molecular formula is C23H17B2FN4O. The largest absolute Gasteiger partial charge is 0.340 e. The number of nitrogens with zero attached hydrogens (tertiary/aromatic N) is 4. The minimum Gasteiger partial charge on any atom is -0.340 e. The van der Waals surface area contributed by atoms with Gasteiger partial charge in [-0.05, 0) is 47.9 Å². The van der Waals surface area contributed by atoms with Crippen molar-refractivity contribution in [3.63, 3.8) is 0 Å². The van der Waals surface area contributed by atoms with Crippen LogP contribution < -0.4 is 0 Å². The number of pyridine rings is 1. The molecule has 1 aliphatic heterocycles. The van der Waals surface area contributed by atoms with Gasteiger partial charge in [0.2, 0.25) is 0 Å². The maximum absolute atomic E-state index is 15.1. The van der Waals surface area contributed by atoms with Gasteiger partial charge >= 0.3 is 0 Å². The second-order valence-corrected chi connectivity index (χ2v) is 7.90. The quantitative estimate of drug-likeness (QED) is 0.492. The summed E-state index contributed by atoms with van der Waals surface area (Å²) >= 11 is 0. The van der Waals surface area contributed by atoms with Gasteiger partial charge in [-0.3, -0.25) is 14.5 Å². The lowest BCUT2D eigenvalue weighted by atomic mass is 9.59. The van der Waals surface area contributed by atoms with Crippen LogP contribution in [0.15, 0.2) is 54.9 Å². The van der Waals surface area contributed by atoms with E-state index in [0.29, 0.717) is 11.1 Å². The zero-order valence-electron chi connectivity index (χ0n) is 17.1. The zero-order valence-corrected chi connectivity index (χ0v) is 17.1. The van der Waals surface area contributed by atoms with E-state index >= 15 is 4.39 Å². The number of fused-ring (bicyclic) bond motifs is 2. The summed E-state index contributed by atoms with van der Waals surface area (Å²) in [6.07, 6.45) is 3.48. The fourth-order valence-electron chi connectivity index (χ4n) is 4.22. The lowest BCUT2D eigenvalue weighted by Gasteiger charge is -2.33. The first-order valence-corrected chi connectivity index (χ1v) is 9.84. The summed E-state index contributed by atoms with van der Waals surface area (Å²) < 4.78 is 16.9. The minimum absolute atomic E-state index is 0.0606. The van der Waals surface area contributed by atoms with Crippen molar-refractivity contribution in [2.24, 2.45) is 7.05 Å². The van der Waals surface area contributed by atoms with E-state index in [1.165, 1.54) is 17.2 Å². The summed E-state index contributed by atoms with van der Waals surface area (Å²) in [6.45, 7) is 1.93. The molecule has 148 valence electrons. The van der Waals surface area contributed by atoms with Crippen LogP contribution in [-0.4, -0.2) is 41.3 Å². The Kier molecular flexibility index (Phi) is 4.29. The number of aryl methyl sites for hydroxylation is 2. The first kappa shape index (κ1) is 19.5. The number of rotatable bonds is 3. The number of benzene rings is 2. The monoisotopic (exact) mass is 406 g/mol. The van der Waals surface area contributed by atoms with E-state index in [1.54, 1.807) is 22.9 Å². The normalized spacial score (nSPS) is 14.9. The summed E-state index contributed by atoms with van der Waals surface area (Å²) in [6, 6.07) is 12.1. The second-order valence-electron chi connectivity index (χ2n) is 7.90. The molecular weight excluding hydrogens is 389 g/mol. The van der Waals surface area contributed by atoms with E-state index in [1.807, 2.05) is 38.4 Å². The van der Waals surface area contributed by atoms with Crippen molar-refractivity contribution in [2.45, 2.75) is 18.8 Å². The second kappa shape index (κ2) is 6.80. The smallest absolute Gasteiger partial charge is 0.255 e.